The largest absolute Gasteiger partial charge is 0.452 e. The summed E-state index contributed by atoms with van der Waals surface area (Å²) in [5.74, 6) is -1.12. The molecule has 1 amide bonds. The van der Waals surface area contributed by atoms with Gasteiger partial charge in [-0.3, -0.25) is 9.48 Å². The van der Waals surface area contributed by atoms with Gasteiger partial charge in [-0.25, -0.2) is 4.79 Å². The van der Waals surface area contributed by atoms with Gasteiger partial charge in [0.15, 0.2) is 6.61 Å². The Labute approximate surface area is 164 Å². The lowest BCUT2D eigenvalue weighted by molar-refractivity contribution is -0.144. The first-order valence-electron chi connectivity index (χ1n) is 9.21. The molecule has 2 rings (SSSR count). The Kier molecular flexibility index (Phi) is 7.43. The summed E-state index contributed by atoms with van der Waals surface area (Å²) < 4.78 is 6.67. The van der Waals surface area contributed by atoms with Crippen LogP contribution in [0.5, 0.6) is 0 Å². The molecule has 1 fully saturated rings. The number of halogens is 1. The van der Waals surface area contributed by atoms with Crippen molar-refractivity contribution in [2.24, 2.45) is 0 Å². The normalized spacial score (nSPS) is 15.6. The van der Waals surface area contributed by atoms with E-state index in [-0.39, 0.29) is 0 Å². The zero-order valence-electron chi connectivity index (χ0n) is 15.8. The molecule has 0 spiro atoms. The minimum absolute atomic E-state index is 0.422. The molecule has 1 aromatic rings. The Morgan fingerprint density at radius 2 is 2.15 bits per heavy atom. The monoisotopic (exact) mass is 392 g/mol. The van der Waals surface area contributed by atoms with Crippen molar-refractivity contribution in [1.82, 2.24) is 15.1 Å². The molecule has 8 heteroatoms. The summed E-state index contributed by atoms with van der Waals surface area (Å²) in [6.07, 6.45) is 7.83. The molecule has 7 nitrogen and oxygen atoms in total. The Morgan fingerprint density at radius 1 is 1.44 bits per heavy atom. The van der Waals surface area contributed by atoms with Gasteiger partial charge in [0.05, 0.1) is 11.8 Å². The van der Waals surface area contributed by atoms with E-state index >= 15 is 0 Å². The molecule has 0 bridgehead atoms. The van der Waals surface area contributed by atoms with E-state index in [1.54, 1.807) is 10.8 Å². The number of unbranched alkanes of at least 4 members (excludes halogenated alkanes) is 1. The Bertz CT molecular complexity index is 758. The number of nitriles is 1. The molecule has 27 heavy (non-hydrogen) atoms. The molecular formula is C19H25ClN4O3. The average Bonchev–Trinajstić information content (AvgIpc) is 3.22. The third-order valence-corrected chi connectivity index (χ3v) is 5.01. The summed E-state index contributed by atoms with van der Waals surface area (Å²) in [4.78, 5) is 23.8. The molecule has 1 N–H and O–H groups in total. The minimum atomic E-state index is -0.822. The van der Waals surface area contributed by atoms with E-state index < -0.39 is 24.0 Å². The summed E-state index contributed by atoms with van der Waals surface area (Å²) in [7, 11) is 0. The highest BCUT2D eigenvalue weighted by molar-refractivity contribution is 6.31. The standard InChI is InChI=1S/C19H25ClN4O3/c1-3-4-11-24-18(20)15(14(2)23-24)7-8-17(26)27-12-16(25)22-19(13-21)9-5-6-10-19/h7-8H,3-6,9-12H2,1-2H3,(H,22,25)/b8-7+. The van der Waals surface area contributed by atoms with Crippen LogP contribution in [0.4, 0.5) is 0 Å². The second kappa shape index (κ2) is 9.56. The molecule has 0 unspecified atom stereocenters. The first kappa shape index (κ1) is 21.0. The van der Waals surface area contributed by atoms with Gasteiger partial charge in [0, 0.05) is 18.2 Å². The Balaban J connectivity index is 1.87. The quantitative estimate of drug-likeness (QED) is 0.541. The number of hydrogen-bond acceptors (Lipinski definition) is 5. The van der Waals surface area contributed by atoms with Crippen LogP contribution in [0.3, 0.4) is 0 Å². The van der Waals surface area contributed by atoms with Crippen LogP contribution in [0.1, 0.15) is 56.7 Å². The predicted octanol–water partition coefficient (Wildman–Crippen LogP) is 3.15. The lowest BCUT2D eigenvalue weighted by atomic mass is 10.00. The van der Waals surface area contributed by atoms with Gasteiger partial charge in [0.1, 0.15) is 10.7 Å². The van der Waals surface area contributed by atoms with Gasteiger partial charge in [-0.05, 0) is 45.1 Å². The number of nitrogens with one attached hydrogen (secondary N) is 1. The highest BCUT2D eigenvalue weighted by Gasteiger charge is 2.35. The molecule has 0 aromatic carbocycles. The van der Waals surface area contributed by atoms with Crippen LogP contribution >= 0.6 is 11.6 Å². The molecule has 0 atom stereocenters. The lowest BCUT2D eigenvalue weighted by Crippen LogP contribution is -2.46. The van der Waals surface area contributed by atoms with Crippen LogP contribution in [0.25, 0.3) is 6.08 Å². The first-order chi connectivity index (χ1) is 12.9. The van der Waals surface area contributed by atoms with Gasteiger partial charge in [-0.1, -0.05) is 24.9 Å². The van der Waals surface area contributed by atoms with Crippen molar-refractivity contribution in [1.29, 1.82) is 5.26 Å². The zero-order chi connectivity index (χ0) is 19.9. The molecule has 1 aliphatic carbocycles. The Morgan fingerprint density at radius 3 is 2.78 bits per heavy atom. The third kappa shape index (κ3) is 5.57. The van der Waals surface area contributed by atoms with Crippen molar-refractivity contribution >= 4 is 29.6 Å². The minimum Gasteiger partial charge on any atom is -0.452 e. The fourth-order valence-electron chi connectivity index (χ4n) is 3.09. The van der Waals surface area contributed by atoms with E-state index in [1.807, 2.05) is 6.92 Å². The highest BCUT2D eigenvalue weighted by atomic mass is 35.5. The maximum absolute atomic E-state index is 12.0. The molecular weight excluding hydrogens is 368 g/mol. The average molecular weight is 393 g/mol. The molecule has 146 valence electrons. The molecule has 0 aliphatic heterocycles. The highest BCUT2D eigenvalue weighted by Crippen LogP contribution is 2.28. The van der Waals surface area contributed by atoms with Crippen LogP contribution in [-0.4, -0.2) is 33.8 Å². The van der Waals surface area contributed by atoms with E-state index in [1.165, 1.54) is 6.08 Å². The van der Waals surface area contributed by atoms with Gasteiger partial charge in [-0.15, -0.1) is 0 Å². The van der Waals surface area contributed by atoms with Crippen molar-refractivity contribution in [3.05, 3.63) is 22.5 Å². The maximum Gasteiger partial charge on any atom is 0.331 e. The first-order valence-corrected chi connectivity index (χ1v) is 9.58. The third-order valence-electron chi connectivity index (χ3n) is 4.61. The molecule has 0 saturated heterocycles. The maximum atomic E-state index is 12.0. The number of nitrogens with zero attached hydrogens (tertiary/aromatic N) is 3. The van der Waals surface area contributed by atoms with Gasteiger partial charge in [-0.2, -0.15) is 10.4 Å². The summed E-state index contributed by atoms with van der Waals surface area (Å²) in [5.41, 5.74) is 0.551. The molecule has 1 aromatic heterocycles. The smallest absolute Gasteiger partial charge is 0.331 e. The number of carbonyl (C=O) groups is 2. The second-order valence-corrected chi connectivity index (χ2v) is 7.11. The SMILES string of the molecule is CCCCn1nc(C)c(/C=C/C(=O)OCC(=O)NC2(C#N)CCCC2)c1Cl. The summed E-state index contributed by atoms with van der Waals surface area (Å²) >= 11 is 6.31. The topological polar surface area (TPSA) is 97.0 Å². The number of aryl methyl sites for hydroxylation is 2. The number of hydrogen-bond donors (Lipinski definition) is 1. The number of esters is 1. The van der Waals surface area contributed by atoms with E-state index in [2.05, 4.69) is 23.4 Å². The fraction of sp³-hybridized carbons (Fsp3) is 0.579. The van der Waals surface area contributed by atoms with E-state index in [9.17, 15) is 14.9 Å². The van der Waals surface area contributed by atoms with Crippen molar-refractivity contribution in [2.45, 2.75) is 64.5 Å². The molecule has 0 radical (unpaired) electrons. The van der Waals surface area contributed by atoms with Gasteiger partial charge >= 0.3 is 5.97 Å². The van der Waals surface area contributed by atoms with Gasteiger partial charge < -0.3 is 10.1 Å². The summed E-state index contributed by atoms with van der Waals surface area (Å²) in [6.45, 7) is 4.20. The van der Waals surface area contributed by atoms with Crippen LogP contribution in [-0.2, 0) is 20.9 Å². The zero-order valence-corrected chi connectivity index (χ0v) is 16.5. The summed E-state index contributed by atoms with van der Waals surface area (Å²) in [6, 6.07) is 2.16. The number of rotatable bonds is 8. The summed E-state index contributed by atoms with van der Waals surface area (Å²) in [5, 5.41) is 16.8. The number of carbonyl (C=O) groups excluding carboxylic acids is 2. The number of amides is 1. The van der Waals surface area contributed by atoms with Crippen molar-refractivity contribution in [3.63, 3.8) is 0 Å². The van der Waals surface area contributed by atoms with Crippen LogP contribution < -0.4 is 5.32 Å². The number of aromatic nitrogens is 2. The van der Waals surface area contributed by atoms with Crippen molar-refractivity contribution < 1.29 is 14.3 Å². The molecule has 1 heterocycles. The van der Waals surface area contributed by atoms with Crippen molar-refractivity contribution in [3.8, 4) is 6.07 Å². The Hall–Kier alpha value is -2.33. The van der Waals surface area contributed by atoms with E-state index in [4.69, 9.17) is 16.3 Å². The predicted molar refractivity (Wildman–Crippen MR) is 102 cm³/mol. The fourth-order valence-corrected chi connectivity index (χ4v) is 3.42. The molecule has 1 saturated carbocycles. The van der Waals surface area contributed by atoms with Crippen LogP contribution in [0.2, 0.25) is 5.15 Å². The lowest BCUT2D eigenvalue weighted by Gasteiger charge is -2.21. The van der Waals surface area contributed by atoms with Gasteiger partial charge in [0.25, 0.3) is 5.91 Å². The number of ether oxygens (including phenoxy) is 1. The molecule has 1 aliphatic rings. The van der Waals surface area contributed by atoms with E-state index in [0.717, 1.165) is 37.9 Å². The van der Waals surface area contributed by atoms with Crippen LogP contribution in [0.15, 0.2) is 6.08 Å². The second-order valence-electron chi connectivity index (χ2n) is 6.76. The van der Waals surface area contributed by atoms with Crippen molar-refractivity contribution in [2.75, 3.05) is 6.61 Å². The van der Waals surface area contributed by atoms with Gasteiger partial charge in [0.2, 0.25) is 0 Å². The van der Waals surface area contributed by atoms with E-state index in [0.29, 0.717) is 23.6 Å². The van der Waals surface area contributed by atoms with Crippen LogP contribution in [0, 0.1) is 18.3 Å².